The molecule has 0 aliphatic carbocycles. The van der Waals surface area contributed by atoms with Crippen LogP contribution in [-0.2, 0) is 0 Å². The third kappa shape index (κ3) is 3.56. The smallest absolute Gasteiger partial charge is 0.00266 e. The molecule has 0 fully saturated rings. The van der Waals surface area contributed by atoms with Gasteiger partial charge in [0.15, 0.2) is 0 Å². The molecule has 0 aromatic heterocycles. The van der Waals surface area contributed by atoms with Gasteiger partial charge in [-0.05, 0) is 66.1 Å². The highest BCUT2D eigenvalue weighted by molar-refractivity contribution is 6.11. The third-order valence-electron chi connectivity index (χ3n) is 7.04. The maximum absolute atomic E-state index is 4.22. The van der Waals surface area contributed by atoms with E-state index in [0.717, 1.165) is 11.1 Å². The van der Waals surface area contributed by atoms with Crippen molar-refractivity contribution < 1.29 is 0 Å². The molecule has 36 heavy (non-hydrogen) atoms. The van der Waals surface area contributed by atoms with E-state index >= 15 is 0 Å². The van der Waals surface area contributed by atoms with Crippen molar-refractivity contribution in [3.63, 3.8) is 0 Å². The predicted molar refractivity (Wildman–Crippen MR) is 158 cm³/mol. The maximum Gasteiger partial charge on any atom is -0.00266 e. The Balaban J connectivity index is 1.59. The molecule has 0 unspecified atom stereocenters. The van der Waals surface area contributed by atoms with Crippen molar-refractivity contribution in [3.05, 3.63) is 146 Å². The van der Waals surface area contributed by atoms with Gasteiger partial charge in [-0.2, -0.15) is 0 Å². The monoisotopic (exact) mass is 458 g/mol. The van der Waals surface area contributed by atoms with Crippen molar-refractivity contribution in [3.8, 4) is 33.4 Å². The minimum Gasteiger partial charge on any atom is -0.0984 e. The summed E-state index contributed by atoms with van der Waals surface area (Å²) in [6.45, 7) is 8.42. The number of fused-ring (bicyclic) bond motifs is 2. The van der Waals surface area contributed by atoms with Gasteiger partial charge in [-0.25, -0.2) is 0 Å². The van der Waals surface area contributed by atoms with Crippen LogP contribution in [0.15, 0.2) is 134 Å². The van der Waals surface area contributed by atoms with E-state index in [1.54, 1.807) is 0 Å². The highest BCUT2D eigenvalue weighted by atomic mass is 14.2. The van der Waals surface area contributed by atoms with Crippen LogP contribution in [0, 0.1) is 0 Å². The van der Waals surface area contributed by atoms with Crippen LogP contribution < -0.4 is 0 Å². The minimum atomic E-state index is 1.11. The molecule has 6 aromatic rings. The molecule has 170 valence electrons. The van der Waals surface area contributed by atoms with E-state index in [9.17, 15) is 0 Å². The molecule has 6 rings (SSSR count). The number of benzene rings is 6. The summed E-state index contributed by atoms with van der Waals surface area (Å²) in [5.41, 5.74) is 9.44. The van der Waals surface area contributed by atoms with Gasteiger partial charge in [-0.1, -0.05) is 147 Å². The Bertz CT molecular complexity index is 1730. The topological polar surface area (TPSA) is 0 Å². The lowest BCUT2D eigenvalue weighted by Crippen LogP contribution is -1.96. The van der Waals surface area contributed by atoms with Crippen molar-refractivity contribution in [2.24, 2.45) is 0 Å². The van der Waals surface area contributed by atoms with Gasteiger partial charge < -0.3 is 0 Å². The fourth-order valence-corrected chi connectivity index (χ4v) is 5.42. The first-order chi connectivity index (χ1) is 17.8. The number of hydrogen-bond donors (Lipinski definition) is 0. The van der Waals surface area contributed by atoms with Crippen molar-refractivity contribution in [1.82, 2.24) is 0 Å². The molecule has 0 heteroatoms. The Hall–Kier alpha value is -4.68. The van der Waals surface area contributed by atoms with Crippen LogP contribution in [0.3, 0.4) is 0 Å². The van der Waals surface area contributed by atoms with Crippen LogP contribution in [-0.4, -0.2) is 0 Å². The zero-order chi connectivity index (χ0) is 24.5. The standard InChI is InChI=1S/C36H26/c1-3-29-30(4-2)36(34-19-11-10-18-33(34)35(29)27-14-6-5-7-15-27)28-23-21-26(22-24-28)32-20-12-16-25-13-8-9-17-31(25)32/h3-24H,1-2H2. The summed E-state index contributed by atoms with van der Waals surface area (Å²) < 4.78 is 0. The highest BCUT2D eigenvalue weighted by Crippen LogP contribution is 2.43. The van der Waals surface area contributed by atoms with Crippen LogP contribution in [0.4, 0.5) is 0 Å². The van der Waals surface area contributed by atoms with Crippen LogP contribution in [0.1, 0.15) is 11.1 Å². The first kappa shape index (κ1) is 21.8. The van der Waals surface area contributed by atoms with Gasteiger partial charge in [0.05, 0.1) is 0 Å². The Morgan fingerprint density at radius 2 is 0.861 bits per heavy atom. The van der Waals surface area contributed by atoms with Gasteiger partial charge in [-0.15, -0.1) is 0 Å². The summed E-state index contributed by atoms with van der Waals surface area (Å²) in [7, 11) is 0. The summed E-state index contributed by atoms with van der Waals surface area (Å²) in [6, 6.07) is 43.2. The Kier molecular flexibility index (Phi) is 5.56. The highest BCUT2D eigenvalue weighted by Gasteiger charge is 2.18. The number of rotatable bonds is 5. The zero-order valence-electron chi connectivity index (χ0n) is 20.1. The normalized spacial score (nSPS) is 11.0. The molecule has 0 aliphatic heterocycles. The van der Waals surface area contributed by atoms with Gasteiger partial charge in [0, 0.05) is 0 Å². The summed E-state index contributed by atoms with van der Waals surface area (Å²) in [4.78, 5) is 0. The van der Waals surface area contributed by atoms with E-state index < -0.39 is 0 Å². The molecule has 0 saturated heterocycles. The van der Waals surface area contributed by atoms with E-state index in [4.69, 9.17) is 0 Å². The van der Waals surface area contributed by atoms with Gasteiger partial charge in [0.1, 0.15) is 0 Å². The van der Waals surface area contributed by atoms with Gasteiger partial charge in [0.2, 0.25) is 0 Å². The van der Waals surface area contributed by atoms with Crippen LogP contribution in [0.25, 0.3) is 67.1 Å². The summed E-state index contributed by atoms with van der Waals surface area (Å²) in [6.07, 6.45) is 3.95. The quantitative estimate of drug-likeness (QED) is 0.241. The third-order valence-corrected chi connectivity index (χ3v) is 7.04. The Morgan fingerprint density at radius 1 is 0.389 bits per heavy atom. The average Bonchev–Trinajstić information content (AvgIpc) is 2.96. The van der Waals surface area contributed by atoms with E-state index in [1.165, 1.54) is 54.9 Å². The molecule has 0 bridgehead atoms. The largest absolute Gasteiger partial charge is 0.0984 e. The lowest BCUT2D eigenvalue weighted by Gasteiger charge is -2.20. The SMILES string of the molecule is C=Cc1c(C=C)c(-c2ccc(-c3cccc4ccccc34)cc2)c2ccccc2c1-c1ccccc1. The first-order valence-corrected chi connectivity index (χ1v) is 12.3. The molecule has 0 aliphatic rings. The zero-order valence-corrected chi connectivity index (χ0v) is 20.1. The molecule has 0 atom stereocenters. The fraction of sp³-hybridized carbons (Fsp3) is 0. The molecule has 0 heterocycles. The van der Waals surface area contributed by atoms with Crippen molar-refractivity contribution in [1.29, 1.82) is 0 Å². The van der Waals surface area contributed by atoms with Gasteiger partial charge >= 0.3 is 0 Å². The van der Waals surface area contributed by atoms with Crippen LogP contribution in [0.2, 0.25) is 0 Å². The van der Waals surface area contributed by atoms with Gasteiger partial charge in [0.25, 0.3) is 0 Å². The molecule has 0 spiro atoms. The molecule has 0 nitrogen and oxygen atoms in total. The molecule has 0 N–H and O–H groups in total. The second kappa shape index (κ2) is 9.17. The minimum absolute atomic E-state index is 1.11. The molecule has 0 radical (unpaired) electrons. The van der Waals surface area contributed by atoms with E-state index in [1.807, 2.05) is 12.2 Å². The lowest BCUT2D eigenvalue weighted by molar-refractivity contribution is 1.58. The molecule has 0 saturated carbocycles. The van der Waals surface area contributed by atoms with Crippen LogP contribution >= 0.6 is 0 Å². The van der Waals surface area contributed by atoms with Gasteiger partial charge in [-0.3, -0.25) is 0 Å². The molecular weight excluding hydrogens is 432 g/mol. The van der Waals surface area contributed by atoms with E-state index in [0.29, 0.717) is 0 Å². The summed E-state index contributed by atoms with van der Waals surface area (Å²) in [5, 5.41) is 4.96. The lowest BCUT2D eigenvalue weighted by atomic mass is 9.83. The maximum atomic E-state index is 4.22. The summed E-state index contributed by atoms with van der Waals surface area (Å²) >= 11 is 0. The fourth-order valence-electron chi connectivity index (χ4n) is 5.42. The molecule has 0 amide bonds. The Morgan fingerprint density at radius 3 is 1.47 bits per heavy atom. The van der Waals surface area contributed by atoms with Crippen molar-refractivity contribution >= 4 is 33.7 Å². The predicted octanol–water partition coefficient (Wildman–Crippen LogP) is 10.3. The number of hydrogen-bond acceptors (Lipinski definition) is 0. The second-order valence-corrected chi connectivity index (χ2v) is 9.00. The van der Waals surface area contributed by atoms with E-state index in [2.05, 4.69) is 134 Å². The molecule has 6 aromatic carbocycles. The average molecular weight is 459 g/mol. The van der Waals surface area contributed by atoms with Crippen molar-refractivity contribution in [2.75, 3.05) is 0 Å². The molecular formula is C36H26. The second-order valence-electron chi connectivity index (χ2n) is 9.00. The first-order valence-electron chi connectivity index (χ1n) is 12.3. The van der Waals surface area contributed by atoms with E-state index in [-0.39, 0.29) is 0 Å². The van der Waals surface area contributed by atoms with Crippen molar-refractivity contribution in [2.45, 2.75) is 0 Å². The Labute approximate surface area is 212 Å². The van der Waals surface area contributed by atoms with Crippen LogP contribution in [0.5, 0.6) is 0 Å². The summed E-state index contributed by atoms with van der Waals surface area (Å²) in [5.74, 6) is 0.